The van der Waals surface area contributed by atoms with Crippen LogP contribution in [0.1, 0.15) is 31.9 Å². The Hall–Kier alpha value is -3.16. The molecule has 0 saturated carbocycles. The number of nitrogens with zero attached hydrogens (tertiary/aromatic N) is 4. The highest BCUT2D eigenvalue weighted by Crippen LogP contribution is 2.38. The van der Waals surface area contributed by atoms with Crippen molar-refractivity contribution in [2.45, 2.75) is 26.3 Å². The molecule has 0 saturated heterocycles. The summed E-state index contributed by atoms with van der Waals surface area (Å²) in [6.45, 7) is 8.11. The molecule has 1 aromatic heterocycles. The highest BCUT2D eigenvalue weighted by Gasteiger charge is 2.36. The summed E-state index contributed by atoms with van der Waals surface area (Å²) < 4.78 is 12.7. The standard InChI is InChI=1S/C18H21N5O3/c1-4-10-25-14-9-7-6-8-13(14)16-15(17(24)26-11-5-2)12(3)19-18-20-21-22-23(16)18/h5-9,16H,2,4,10-11H2,1,3H3,(H,19,20,22). The molecule has 8 heteroatoms. The maximum absolute atomic E-state index is 12.7. The summed E-state index contributed by atoms with van der Waals surface area (Å²) in [7, 11) is 0. The SMILES string of the molecule is C=CCOC(=O)C1=C(C)Nc2nnnn2C1c1ccccc1OCCC. The Labute approximate surface area is 151 Å². The van der Waals surface area contributed by atoms with Crippen LogP contribution >= 0.6 is 0 Å². The predicted molar refractivity (Wildman–Crippen MR) is 95.7 cm³/mol. The summed E-state index contributed by atoms with van der Waals surface area (Å²) >= 11 is 0. The summed E-state index contributed by atoms with van der Waals surface area (Å²) in [6.07, 6.45) is 2.40. The summed E-state index contributed by atoms with van der Waals surface area (Å²) in [5.41, 5.74) is 1.86. The Balaban J connectivity index is 2.10. The van der Waals surface area contributed by atoms with E-state index in [0.717, 1.165) is 12.0 Å². The first kappa shape index (κ1) is 17.7. The summed E-state index contributed by atoms with van der Waals surface area (Å²) in [5.74, 6) is 0.689. The van der Waals surface area contributed by atoms with Crippen LogP contribution in [-0.4, -0.2) is 39.4 Å². The maximum atomic E-state index is 12.7. The molecule has 0 aliphatic carbocycles. The molecule has 1 atom stereocenters. The molecule has 1 aromatic carbocycles. The van der Waals surface area contributed by atoms with E-state index in [2.05, 4.69) is 27.4 Å². The maximum Gasteiger partial charge on any atom is 0.338 e. The third-order valence-corrected chi connectivity index (χ3v) is 3.94. The lowest BCUT2D eigenvalue weighted by atomic mass is 9.95. The second kappa shape index (κ2) is 7.81. The van der Waals surface area contributed by atoms with Gasteiger partial charge < -0.3 is 14.8 Å². The molecule has 2 aromatic rings. The lowest BCUT2D eigenvalue weighted by Crippen LogP contribution is -2.30. The molecule has 0 radical (unpaired) electrons. The van der Waals surface area contributed by atoms with E-state index >= 15 is 0 Å². The summed E-state index contributed by atoms with van der Waals surface area (Å²) in [4.78, 5) is 12.7. The Kier molecular flexibility index (Phi) is 5.31. The fraction of sp³-hybridized carbons (Fsp3) is 0.333. The first-order chi connectivity index (χ1) is 12.7. The largest absolute Gasteiger partial charge is 0.493 e. The fourth-order valence-electron chi connectivity index (χ4n) is 2.83. The average Bonchev–Trinajstić information content (AvgIpc) is 3.11. The number of allylic oxidation sites excluding steroid dienone is 1. The van der Waals surface area contributed by atoms with Gasteiger partial charge >= 0.3 is 5.97 Å². The fourth-order valence-corrected chi connectivity index (χ4v) is 2.83. The topological polar surface area (TPSA) is 91.2 Å². The van der Waals surface area contributed by atoms with Gasteiger partial charge in [-0.05, 0) is 29.8 Å². The van der Waals surface area contributed by atoms with Crippen molar-refractivity contribution in [3.63, 3.8) is 0 Å². The van der Waals surface area contributed by atoms with Crippen molar-refractivity contribution < 1.29 is 14.3 Å². The molecule has 1 aliphatic heterocycles. The van der Waals surface area contributed by atoms with Crippen LogP contribution in [0.15, 0.2) is 48.2 Å². The zero-order valence-corrected chi connectivity index (χ0v) is 14.8. The third-order valence-electron chi connectivity index (χ3n) is 3.94. The number of fused-ring (bicyclic) bond motifs is 1. The molecular formula is C18H21N5O3. The lowest BCUT2D eigenvalue weighted by molar-refractivity contribution is -0.138. The van der Waals surface area contributed by atoms with E-state index in [0.29, 0.717) is 29.6 Å². The summed E-state index contributed by atoms with van der Waals surface area (Å²) in [6, 6.07) is 7.01. The van der Waals surface area contributed by atoms with E-state index in [4.69, 9.17) is 9.47 Å². The first-order valence-corrected chi connectivity index (χ1v) is 8.42. The Morgan fingerprint density at radius 3 is 3.00 bits per heavy atom. The smallest absolute Gasteiger partial charge is 0.338 e. The van der Waals surface area contributed by atoms with Crippen molar-refractivity contribution in [3.8, 4) is 5.75 Å². The molecule has 3 rings (SSSR count). The summed E-state index contributed by atoms with van der Waals surface area (Å²) in [5, 5.41) is 14.8. The van der Waals surface area contributed by atoms with Gasteiger partial charge in [-0.3, -0.25) is 0 Å². The van der Waals surface area contributed by atoms with Gasteiger partial charge in [0.2, 0.25) is 5.95 Å². The molecule has 2 heterocycles. The molecular weight excluding hydrogens is 334 g/mol. The Bertz CT molecular complexity index is 843. The predicted octanol–water partition coefficient (Wildman–Crippen LogP) is 2.48. The van der Waals surface area contributed by atoms with Gasteiger partial charge in [-0.15, -0.1) is 0 Å². The number of hydrogen-bond donors (Lipinski definition) is 1. The van der Waals surface area contributed by atoms with Gasteiger partial charge in [0.1, 0.15) is 18.4 Å². The van der Waals surface area contributed by atoms with Crippen LogP contribution in [-0.2, 0) is 9.53 Å². The van der Waals surface area contributed by atoms with Gasteiger partial charge in [0.05, 0.1) is 12.2 Å². The molecule has 0 amide bonds. The zero-order valence-electron chi connectivity index (χ0n) is 14.8. The Morgan fingerprint density at radius 2 is 2.23 bits per heavy atom. The van der Waals surface area contributed by atoms with Crippen LogP contribution in [0, 0.1) is 0 Å². The number of nitrogens with one attached hydrogen (secondary N) is 1. The molecule has 0 spiro atoms. The van der Waals surface area contributed by atoms with E-state index in [1.54, 1.807) is 11.6 Å². The van der Waals surface area contributed by atoms with Crippen LogP contribution in [0.2, 0.25) is 0 Å². The minimum atomic E-state index is -0.549. The molecule has 1 N–H and O–H groups in total. The molecule has 0 bridgehead atoms. The second-order valence-corrected chi connectivity index (χ2v) is 5.79. The molecule has 1 aliphatic rings. The van der Waals surface area contributed by atoms with Crippen LogP contribution < -0.4 is 10.1 Å². The van der Waals surface area contributed by atoms with Gasteiger partial charge in [-0.25, -0.2) is 4.79 Å². The van der Waals surface area contributed by atoms with Crippen molar-refractivity contribution in [1.82, 2.24) is 20.2 Å². The van der Waals surface area contributed by atoms with Gasteiger partial charge in [0.25, 0.3) is 0 Å². The Morgan fingerprint density at radius 1 is 1.42 bits per heavy atom. The number of ether oxygens (including phenoxy) is 2. The number of rotatable bonds is 7. The van der Waals surface area contributed by atoms with E-state index in [9.17, 15) is 4.79 Å². The van der Waals surface area contributed by atoms with Crippen LogP contribution in [0.3, 0.4) is 0 Å². The number of tetrazole rings is 1. The lowest BCUT2D eigenvalue weighted by Gasteiger charge is -2.28. The van der Waals surface area contributed by atoms with Crippen molar-refractivity contribution in [3.05, 3.63) is 53.8 Å². The van der Waals surface area contributed by atoms with E-state index in [1.807, 2.05) is 31.2 Å². The minimum absolute atomic E-state index is 0.124. The number of anilines is 1. The first-order valence-electron chi connectivity index (χ1n) is 8.42. The normalized spacial score (nSPS) is 15.8. The van der Waals surface area contributed by atoms with Gasteiger partial charge in [0, 0.05) is 11.3 Å². The number of carbonyl (C=O) groups is 1. The number of para-hydroxylation sites is 1. The second-order valence-electron chi connectivity index (χ2n) is 5.79. The number of benzene rings is 1. The number of hydrogen-bond acceptors (Lipinski definition) is 7. The highest BCUT2D eigenvalue weighted by molar-refractivity contribution is 5.92. The number of carbonyl (C=O) groups excluding carboxylic acids is 1. The zero-order chi connectivity index (χ0) is 18.5. The molecule has 26 heavy (non-hydrogen) atoms. The third kappa shape index (κ3) is 3.30. The average molecular weight is 355 g/mol. The van der Waals surface area contributed by atoms with Gasteiger partial charge in [0.15, 0.2) is 0 Å². The van der Waals surface area contributed by atoms with Crippen molar-refractivity contribution in [1.29, 1.82) is 0 Å². The van der Waals surface area contributed by atoms with Crippen molar-refractivity contribution in [2.75, 3.05) is 18.5 Å². The monoisotopic (exact) mass is 355 g/mol. The van der Waals surface area contributed by atoms with Crippen LogP contribution in [0.5, 0.6) is 5.75 Å². The molecule has 136 valence electrons. The van der Waals surface area contributed by atoms with Crippen molar-refractivity contribution in [2.24, 2.45) is 0 Å². The minimum Gasteiger partial charge on any atom is -0.493 e. The van der Waals surface area contributed by atoms with Gasteiger partial charge in [-0.2, -0.15) is 4.68 Å². The van der Waals surface area contributed by atoms with Crippen LogP contribution in [0.4, 0.5) is 5.95 Å². The quantitative estimate of drug-likeness (QED) is 0.602. The molecule has 0 fully saturated rings. The van der Waals surface area contributed by atoms with Gasteiger partial charge in [-0.1, -0.05) is 42.9 Å². The van der Waals surface area contributed by atoms with Crippen molar-refractivity contribution >= 4 is 11.9 Å². The van der Waals surface area contributed by atoms with E-state index < -0.39 is 12.0 Å². The highest BCUT2D eigenvalue weighted by atomic mass is 16.5. The van der Waals surface area contributed by atoms with E-state index in [-0.39, 0.29) is 6.61 Å². The number of aromatic nitrogens is 4. The number of esters is 1. The van der Waals surface area contributed by atoms with E-state index in [1.165, 1.54) is 6.08 Å². The molecule has 1 unspecified atom stereocenters. The molecule has 8 nitrogen and oxygen atoms in total. The van der Waals surface area contributed by atoms with Crippen LogP contribution in [0.25, 0.3) is 0 Å².